The minimum atomic E-state index is -0.296. The summed E-state index contributed by atoms with van der Waals surface area (Å²) in [6.07, 6.45) is 1.58. The number of nitrogens with zero attached hydrogens (tertiary/aromatic N) is 3. The number of carbonyl (C=O) groups is 1. The lowest BCUT2D eigenvalue weighted by atomic mass is 10.2. The molecule has 19 heavy (non-hydrogen) atoms. The number of amides is 1. The molecule has 0 bridgehead atoms. The van der Waals surface area contributed by atoms with Gasteiger partial charge in [0.1, 0.15) is 17.0 Å². The van der Waals surface area contributed by atoms with E-state index in [4.69, 9.17) is 0 Å². The molecular formula is C12H9FN4OS. The van der Waals surface area contributed by atoms with Gasteiger partial charge in [-0.25, -0.2) is 13.9 Å². The molecule has 0 fully saturated rings. The largest absolute Gasteiger partial charge is 0.347 e. The second kappa shape index (κ2) is 4.77. The minimum Gasteiger partial charge on any atom is -0.347 e. The van der Waals surface area contributed by atoms with Crippen LogP contribution in [0.3, 0.4) is 0 Å². The summed E-state index contributed by atoms with van der Waals surface area (Å²) >= 11 is 1.36. The quantitative estimate of drug-likeness (QED) is 0.794. The number of benzene rings is 1. The van der Waals surface area contributed by atoms with Crippen LogP contribution in [0.15, 0.2) is 36.0 Å². The fourth-order valence-electron chi connectivity index (χ4n) is 1.62. The van der Waals surface area contributed by atoms with Gasteiger partial charge in [-0.1, -0.05) is 23.5 Å². The molecule has 2 aromatic heterocycles. The first kappa shape index (κ1) is 11.8. The minimum absolute atomic E-state index is 0.276. The highest BCUT2D eigenvalue weighted by Crippen LogP contribution is 2.09. The summed E-state index contributed by atoms with van der Waals surface area (Å²) in [4.78, 5) is 16.7. The average molecular weight is 276 g/mol. The highest BCUT2D eigenvalue weighted by atomic mass is 32.1. The van der Waals surface area contributed by atoms with Crippen LogP contribution in [0.4, 0.5) is 4.39 Å². The second-order valence-corrected chi connectivity index (χ2v) is 4.71. The zero-order chi connectivity index (χ0) is 13.2. The molecule has 0 saturated heterocycles. The third-order valence-corrected chi connectivity index (χ3v) is 3.27. The van der Waals surface area contributed by atoms with Crippen LogP contribution < -0.4 is 5.32 Å². The van der Waals surface area contributed by atoms with E-state index in [2.05, 4.69) is 15.4 Å². The second-order valence-electron chi connectivity index (χ2n) is 3.90. The van der Waals surface area contributed by atoms with Gasteiger partial charge in [-0.05, 0) is 17.7 Å². The van der Waals surface area contributed by atoms with Crippen molar-refractivity contribution in [1.29, 1.82) is 0 Å². The Morgan fingerprint density at radius 2 is 2.16 bits per heavy atom. The first-order valence-electron chi connectivity index (χ1n) is 5.54. The van der Waals surface area contributed by atoms with Crippen LogP contribution >= 0.6 is 11.3 Å². The maximum absolute atomic E-state index is 12.7. The molecule has 0 aliphatic rings. The topological polar surface area (TPSA) is 59.3 Å². The van der Waals surface area contributed by atoms with E-state index >= 15 is 0 Å². The number of carbonyl (C=O) groups excluding carboxylic acids is 1. The number of halogens is 1. The maximum Gasteiger partial charge on any atom is 0.271 e. The van der Waals surface area contributed by atoms with Crippen molar-refractivity contribution >= 4 is 22.2 Å². The van der Waals surface area contributed by atoms with Crippen LogP contribution in [-0.4, -0.2) is 20.5 Å². The SMILES string of the molecule is O=C(NCc1ccc(F)cc1)c1cn2ncsc2n1. The van der Waals surface area contributed by atoms with E-state index in [0.29, 0.717) is 17.2 Å². The van der Waals surface area contributed by atoms with E-state index < -0.39 is 0 Å². The summed E-state index contributed by atoms with van der Waals surface area (Å²) in [6.45, 7) is 0.331. The lowest BCUT2D eigenvalue weighted by Crippen LogP contribution is -2.23. The van der Waals surface area contributed by atoms with Gasteiger partial charge in [0.05, 0.1) is 6.20 Å². The Morgan fingerprint density at radius 1 is 1.37 bits per heavy atom. The first-order valence-corrected chi connectivity index (χ1v) is 6.42. The highest BCUT2D eigenvalue weighted by Gasteiger charge is 2.11. The Balaban J connectivity index is 1.68. The van der Waals surface area contributed by atoms with Crippen LogP contribution in [0.25, 0.3) is 4.96 Å². The third kappa shape index (κ3) is 2.45. The van der Waals surface area contributed by atoms with Gasteiger partial charge in [0.25, 0.3) is 5.91 Å². The Morgan fingerprint density at radius 3 is 2.89 bits per heavy atom. The third-order valence-electron chi connectivity index (χ3n) is 2.59. The fourth-order valence-corrected chi connectivity index (χ4v) is 2.23. The molecule has 0 aliphatic carbocycles. The van der Waals surface area contributed by atoms with Gasteiger partial charge in [0.15, 0.2) is 0 Å². The Bertz CT molecular complexity index is 690. The molecule has 1 N–H and O–H groups in total. The lowest BCUT2D eigenvalue weighted by Gasteiger charge is -2.02. The van der Waals surface area contributed by atoms with Crippen molar-refractivity contribution in [1.82, 2.24) is 19.9 Å². The Labute approximate surface area is 111 Å². The molecular weight excluding hydrogens is 267 g/mol. The number of rotatable bonds is 3. The van der Waals surface area contributed by atoms with Crippen LogP contribution in [-0.2, 0) is 6.54 Å². The van der Waals surface area contributed by atoms with Crippen molar-refractivity contribution in [2.24, 2.45) is 0 Å². The van der Waals surface area contributed by atoms with Crippen molar-refractivity contribution in [3.05, 3.63) is 53.0 Å². The fraction of sp³-hybridized carbons (Fsp3) is 0.0833. The zero-order valence-electron chi connectivity index (χ0n) is 9.71. The molecule has 7 heteroatoms. The number of fused-ring (bicyclic) bond motifs is 1. The molecule has 0 radical (unpaired) electrons. The summed E-state index contributed by atoms with van der Waals surface area (Å²) in [5.74, 6) is -0.572. The van der Waals surface area contributed by atoms with E-state index in [1.54, 1.807) is 28.4 Å². The standard InChI is InChI=1S/C12H9FN4OS/c13-9-3-1-8(2-4-9)5-14-11(18)10-6-17-12(16-10)19-7-15-17/h1-4,6-7H,5H2,(H,14,18). The molecule has 2 heterocycles. The lowest BCUT2D eigenvalue weighted by molar-refractivity contribution is 0.0946. The van der Waals surface area contributed by atoms with Gasteiger partial charge in [0.2, 0.25) is 4.96 Å². The number of nitrogens with one attached hydrogen (secondary N) is 1. The van der Waals surface area contributed by atoms with Crippen LogP contribution in [0.1, 0.15) is 16.1 Å². The molecule has 0 saturated carbocycles. The maximum atomic E-state index is 12.7. The number of aromatic nitrogens is 3. The van der Waals surface area contributed by atoms with Crippen molar-refractivity contribution in [3.63, 3.8) is 0 Å². The van der Waals surface area contributed by atoms with Gasteiger partial charge in [-0.15, -0.1) is 0 Å². The van der Waals surface area contributed by atoms with Gasteiger partial charge >= 0.3 is 0 Å². The molecule has 3 aromatic rings. The van der Waals surface area contributed by atoms with E-state index in [1.165, 1.54) is 23.5 Å². The van der Waals surface area contributed by atoms with E-state index in [9.17, 15) is 9.18 Å². The molecule has 1 aromatic carbocycles. The Kier molecular flexibility index (Phi) is 2.96. The molecule has 0 unspecified atom stereocenters. The molecule has 96 valence electrons. The predicted octanol–water partition coefficient (Wildman–Crippen LogP) is 1.86. The number of imidazole rings is 1. The molecule has 0 spiro atoms. The van der Waals surface area contributed by atoms with E-state index in [-0.39, 0.29) is 11.7 Å². The summed E-state index contributed by atoms with van der Waals surface area (Å²) < 4.78 is 14.3. The van der Waals surface area contributed by atoms with Gasteiger partial charge in [0, 0.05) is 6.54 Å². The molecule has 5 nitrogen and oxygen atoms in total. The normalized spacial score (nSPS) is 10.8. The molecule has 0 aliphatic heterocycles. The van der Waals surface area contributed by atoms with Gasteiger partial charge in [-0.3, -0.25) is 4.79 Å². The van der Waals surface area contributed by atoms with Crippen molar-refractivity contribution in [3.8, 4) is 0 Å². The van der Waals surface area contributed by atoms with Gasteiger partial charge < -0.3 is 5.32 Å². The van der Waals surface area contributed by atoms with Crippen LogP contribution in [0, 0.1) is 5.82 Å². The number of hydrogen-bond donors (Lipinski definition) is 1. The summed E-state index contributed by atoms with van der Waals surface area (Å²) in [5.41, 5.74) is 2.80. The zero-order valence-corrected chi connectivity index (χ0v) is 10.5. The Hall–Kier alpha value is -2.28. The summed E-state index contributed by atoms with van der Waals surface area (Å²) in [7, 11) is 0. The monoisotopic (exact) mass is 276 g/mol. The van der Waals surface area contributed by atoms with Crippen molar-refractivity contribution in [2.75, 3.05) is 0 Å². The smallest absolute Gasteiger partial charge is 0.271 e. The summed E-state index contributed by atoms with van der Waals surface area (Å²) in [6, 6.07) is 5.97. The van der Waals surface area contributed by atoms with Gasteiger partial charge in [-0.2, -0.15) is 5.10 Å². The molecule has 0 atom stereocenters. The van der Waals surface area contributed by atoms with E-state index in [1.807, 2.05) is 0 Å². The highest BCUT2D eigenvalue weighted by molar-refractivity contribution is 7.14. The predicted molar refractivity (Wildman–Crippen MR) is 68.4 cm³/mol. The summed E-state index contributed by atoms with van der Waals surface area (Å²) in [5, 5.41) is 6.73. The van der Waals surface area contributed by atoms with E-state index in [0.717, 1.165) is 5.56 Å². The average Bonchev–Trinajstić information content (AvgIpc) is 2.98. The van der Waals surface area contributed by atoms with Crippen molar-refractivity contribution in [2.45, 2.75) is 6.54 Å². The van der Waals surface area contributed by atoms with Crippen molar-refractivity contribution < 1.29 is 9.18 Å². The van der Waals surface area contributed by atoms with Crippen LogP contribution in [0.2, 0.25) is 0 Å². The van der Waals surface area contributed by atoms with Crippen LogP contribution in [0.5, 0.6) is 0 Å². The first-order chi connectivity index (χ1) is 9.22. The molecule has 1 amide bonds. The molecule has 3 rings (SSSR count). The number of hydrogen-bond acceptors (Lipinski definition) is 4.